The summed E-state index contributed by atoms with van der Waals surface area (Å²) in [6.07, 6.45) is 0. The second-order valence-corrected chi connectivity index (χ2v) is 6.28. The van der Waals surface area contributed by atoms with E-state index in [1.807, 2.05) is 6.07 Å². The summed E-state index contributed by atoms with van der Waals surface area (Å²) in [5.41, 5.74) is 3.22. The van der Waals surface area contributed by atoms with Crippen LogP contribution in [0.15, 0.2) is 53.7 Å². The summed E-state index contributed by atoms with van der Waals surface area (Å²) in [5.74, 6) is 1.33. The first-order valence-electron chi connectivity index (χ1n) is 7.55. The summed E-state index contributed by atoms with van der Waals surface area (Å²) < 4.78 is 15.3. The van der Waals surface area contributed by atoms with E-state index in [2.05, 4.69) is 52.9 Å². The molecule has 0 aliphatic carbocycles. The lowest BCUT2D eigenvalue weighted by molar-refractivity contribution is 0.626. The number of aromatic nitrogens is 3. The molecule has 3 rings (SSSR count). The van der Waals surface area contributed by atoms with Gasteiger partial charge in [0.2, 0.25) is 0 Å². The SMILES string of the molecule is CCn1c(SCc2cccc(F)c2)nnc1-c1ccc(C)cc1. The van der Waals surface area contributed by atoms with E-state index >= 15 is 0 Å². The highest BCUT2D eigenvalue weighted by atomic mass is 32.2. The van der Waals surface area contributed by atoms with Gasteiger partial charge in [-0.3, -0.25) is 0 Å². The molecule has 0 radical (unpaired) electrons. The summed E-state index contributed by atoms with van der Waals surface area (Å²) in [6.45, 7) is 4.93. The van der Waals surface area contributed by atoms with Gasteiger partial charge in [-0.15, -0.1) is 10.2 Å². The molecule has 0 aliphatic rings. The fourth-order valence-electron chi connectivity index (χ4n) is 2.37. The Hall–Kier alpha value is -2.14. The minimum atomic E-state index is -0.208. The van der Waals surface area contributed by atoms with Crippen LogP contribution in [0.25, 0.3) is 11.4 Å². The molecule has 1 aromatic heterocycles. The molecule has 2 aromatic carbocycles. The van der Waals surface area contributed by atoms with E-state index in [0.717, 1.165) is 28.7 Å². The molecule has 118 valence electrons. The van der Waals surface area contributed by atoms with Gasteiger partial charge in [0.1, 0.15) is 5.82 Å². The van der Waals surface area contributed by atoms with Gasteiger partial charge in [-0.05, 0) is 31.5 Å². The first-order valence-corrected chi connectivity index (χ1v) is 8.53. The van der Waals surface area contributed by atoms with Gasteiger partial charge in [0, 0.05) is 17.9 Å². The van der Waals surface area contributed by atoms with Crippen molar-refractivity contribution in [1.82, 2.24) is 14.8 Å². The van der Waals surface area contributed by atoms with E-state index in [-0.39, 0.29) is 5.82 Å². The standard InChI is InChI=1S/C18H18FN3S/c1-3-22-17(15-9-7-13(2)8-10-15)20-21-18(22)23-12-14-5-4-6-16(19)11-14/h4-11H,3,12H2,1-2H3. The Morgan fingerprint density at radius 2 is 1.87 bits per heavy atom. The normalized spacial score (nSPS) is 10.9. The number of hydrogen-bond acceptors (Lipinski definition) is 3. The summed E-state index contributed by atoms with van der Waals surface area (Å²) in [5, 5.41) is 9.49. The van der Waals surface area contributed by atoms with E-state index in [1.54, 1.807) is 23.9 Å². The maximum atomic E-state index is 13.3. The van der Waals surface area contributed by atoms with Crippen molar-refractivity contribution in [3.8, 4) is 11.4 Å². The molecule has 0 atom stereocenters. The Labute approximate surface area is 139 Å². The molecule has 0 aliphatic heterocycles. The summed E-state index contributed by atoms with van der Waals surface area (Å²) in [7, 11) is 0. The minimum absolute atomic E-state index is 0.208. The van der Waals surface area contributed by atoms with Crippen LogP contribution < -0.4 is 0 Å². The Kier molecular flexibility index (Phi) is 4.76. The molecular formula is C18H18FN3S. The third-order valence-electron chi connectivity index (χ3n) is 3.60. The molecule has 0 N–H and O–H groups in total. The summed E-state index contributed by atoms with van der Waals surface area (Å²) in [6, 6.07) is 14.9. The summed E-state index contributed by atoms with van der Waals surface area (Å²) >= 11 is 1.57. The number of hydrogen-bond donors (Lipinski definition) is 0. The number of rotatable bonds is 5. The van der Waals surface area contributed by atoms with E-state index in [9.17, 15) is 4.39 Å². The van der Waals surface area contributed by atoms with Gasteiger partial charge in [0.25, 0.3) is 0 Å². The van der Waals surface area contributed by atoms with Gasteiger partial charge in [-0.25, -0.2) is 4.39 Å². The van der Waals surface area contributed by atoms with Gasteiger partial charge < -0.3 is 4.57 Å². The quantitative estimate of drug-likeness (QED) is 0.636. The Bertz CT molecular complexity index is 796. The van der Waals surface area contributed by atoms with Crippen LogP contribution in [-0.2, 0) is 12.3 Å². The van der Waals surface area contributed by atoms with Crippen LogP contribution >= 0.6 is 11.8 Å². The second kappa shape index (κ2) is 6.96. The first kappa shape index (κ1) is 15.7. The number of nitrogens with zero attached hydrogens (tertiary/aromatic N) is 3. The van der Waals surface area contributed by atoms with Gasteiger partial charge in [-0.1, -0.05) is 53.7 Å². The number of thioether (sulfide) groups is 1. The van der Waals surface area contributed by atoms with Crippen molar-refractivity contribution in [2.45, 2.75) is 31.3 Å². The molecule has 0 amide bonds. The van der Waals surface area contributed by atoms with Crippen LogP contribution in [0.1, 0.15) is 18.1 Å². The fourth-order valence-corrected chi connectivity index (χ4v) is 3.32. The zero-order chi connectivity index (χ0) is 16.2. The minimum Gasteiger partial charge on any atom is -0.302 e. The van der Waals surface area contributed by atoms with Crippen molar-refractivity contribution in [3.05, 3.63) is 65.5 Å². The monoisotopic (exact) mass is 327 g/mol. The van der Waals surface area contributed by atoms with Crippen LogP contribution in [0.5, 0.6) is 0 Å². The predicted molar refractivity (Wildman–Crippen MR) is 91.8 cm³/mol. The van der Waals surface area contributed by atoms with Crippen LogP contribution in [0.2, 0.25) is 0 Å². The molecule has 0 bridgehead atoms. The molecule has 3 nitrogen and oxygen atoms in total. The molecular weight excluding hydrogens is 309 g/mol. The number of halogens is 1. The lowest BCUT2D eigenvalue weighted by Crippen LogP contribution is -2.00. The van der Waals surface area contributed by atoms with Crippen molar-refractivity contribution in [2.24, 2.45) is 0 Å². The van der Waals surface area contributed by atoms with Gasteiger partial charge >= 0.3 is 0 Å². The highest BCUT2D eigenvalue weighted by molar-refractivity contribution is 7.98. The van der Waals surface area contributed by atoms with Crippen LogP contribution in [0, 0.1) is 12.7 Å². The molecule has 1 heterocycles. The van der Waals surface area contributed by atoms with E-state index in [4.69, 9.17) is 0 Å². The molecule has 23 heavy (non-hydrogen) atoms. The van der Waals surface area contributed by atoms with Crippen molar-refractivity contribution >= 4 is 11.8 Å². The molecule has 3 aromatic rings. The molecule has 0 unspecified atom stereocenters. The lowest BCUT2D eigenvalue weighted by atomic mass is 10.1. The zero-order valence-electron chi connectivity index (χ0n) is 13.2. The van der Waals surface area contributed by atoms with Gasteiger partial charge in [-0.2, -0.15) is 0 Å². The molecule has 0 fully saturated rings. The Morgan fingerprint density at radius 3 is 2.57 bits per heavy atom. The number of benzene rings is 2. The molecule has 5 heteroatoms. The highest BCUT2D eigenvalue weighted by Gasteiger charge is 2.13. The van der Waals surface area contributed by atoms with E-state index < -0.39 is 0 Å². The topological polar surface area (TPSA) is 30.7 Å². The first-order chi connectivity index (χ1) is 11.2. The number of aryl methyl sites for hydroxylation is 1. The van der Waals surface area contributed by atoms with Crippen molar-refractivity contribution < 1.29 is 4.39 Å². The van der Waals surface area contributed by atoms with Crippen molar-refractivity contribution in [3.63, 3.8) is 0 Å². The third kappa shape index (κ3) is 3.62. The Balaban J connectivity index is 1.82. The zero-order valence-corrected chi connectivity index (χ0v) is 14.0. The fraction of sp³-hybridized carbons (Fsp3) is 0.222. The Morgan fingerprint density at radius 1 is 1.09 bits per heavy atom. The second-order valence-electron chi connectivity index (χ2n) is 5.34. The van der Waals surface area contributed by atoms with Gasteiger partial charge in [0.15, 0.2) is 11.0 Å². The average Bonchev–Trinajstić information content (AvgIpc) is 2.96. The van der Waals surface area contributed by atoms with Crippen LogP contribution in [0.4, 0.5) is 4.39 Å². The smallest absolute Gasteiger partial charge is 0.191 e. The molecule has 0 saturated heterocycles. The van der Waals surface area contributed by atoms with Crippen LogP contribution in [-0.4, -0.2) is 14.8 Å². The van der Waals surface area contributed by atoms with Crippen molar-refractivity contribution in [2.75, 3.05) is 0 Å². The summed E-state index contributed by atoms with van der Waals surface area (Å²) in [4.78, 5) is 0. The van der Waals surface area contributed by atoms with Crippen molar-refractivity contribution in [1.29, 1.82) is 0 Å². The van der Waals surface area contributed by atoms with E-state index in [1.165, 1.54) is 11.6 Å². The maximum absolute atomic E-state index is 13.3. The van der Waals surface area contributed by atoms with Crippen LogP contribution in [0.3, 0.4) is 0 Å². The lowest BCUT2D eigenvalue weighted by Gasteiger charge is -2.07. The maximum Gasteiger partial charge on any atom is 0.191 e. The van der Waals surface area contributed by atoms with E-state index in [0.29, 0.717) is 5.75 Å². The average molecular weight is 327 g/mol. The third-order valence-corrected chi connectivity index (χ3v) is 4.64. The van der Waals surface area contributed by atoms with Gasteiger partial charge in [0.05, 0.1) is 0 Å². The molecule has 0 saturated carbocycles. The predicted octanol–water partition coefficient (Wildman–Crippen LogP) is 4.70. The highest BCUT2D eigenvalue weighted by Crippen LogP contribution is 2.26. The largest absolute Gasteiger partial charge is 0.302 e. The molecule has 0 spiro atoms.